The van der Waals surface area contributed by atoms with Crippen molar-refractivity contribution in [3.05, 3.63) is 69.2 Å². The number of imide groups is 1. The molecule has 33 heavy (non-hydrogen) atoms. The number of piperidine rings is 1. The number of carbonyl (C=O) groups is 3. The zero-order valence-corrected chi connectivity index (χ0v) is 19.0. The molecule has 2 aliphatic heterocycles. The van der Waals surface area contributed by atoms with Crippen molar-refractivity contribution < 1.29 is 23.2 Å². The van der Waals surface area contributed by atoms with Gasteiger partial charge in [-0.15, -0.1) is 0 Å². The summed E-state index contributed by atoms with van der Waals surface area (Å²) < 4.78 is 30.1. The minimum Gasteiger partial charge on any atom is -0.322 e. The van der Waals surface area contributed by atoms with Gasteiger partial charge < -0.3 is 10.2 Å². The van der Waals surface area contributed by atoms with Gasteiger partial charge in [-0.2, -0.15) is 8.78 Å². The second kappa shape index (κ2) is 8.83. The summed E-state index contributed by atoms with van der Waals surface area (Å²) in [5, 5.41) is 5.45. The molecule has 0 radical (unpaired) electrons. The summed E-state index contributed by atoms with van der Waals surface area (Å²) in [6, 6.07) is 7.78. The quantitative estimate of drug-likeness (QED) is 0.625. The summed E-state index contributed by atoms with van der Waals surface area (Å²) in [5.41, 5.74) is 2.19. The van der Waals surface area contributed by atoms with Crippen LogP contribution in [0.15, 0.2) is 36.4 Å². The molecular weight excluding hydrogens is 452 g/mol. The Balaban J connectivity index is 1.45. The Labute approximate surface area is 195 Å². The zero-order chi connectivity index (χ0) is 23.9. The highest BCUT2D eigenvalue weighted by Crippen LogP contribution is 2.36. The molecule has 2 unspecified atom stereocenters. The fourth-order valence-corrected chi connectivity index (χ4v) is 4.51. The predicted molar refractivity (Wildman–Crippen MR) is 119 cm³/mol. The molecule has 2 aromatic rings. The van der Waals surface area contributed by atoms with E-state index in [1.807, 2.05) is 0 Å². The van der Waals surface area contributed by atoms with Crippen LogP contribution >= 0.6 is 11.6 Å². The molecule has 2 atom stereocenters. The van der Waals surface area contributed by atoms with Crippen LogP contribution in [0.5, 0.6) is 0 Å². The first-order chi connectivity index (χ1) is 15.6. The zero-order valence-electron chi connectivity index (χ0n) is 18.3. The van der Waals surface area contributed by atoms with E-state index in [9.17, 15) is 14.4 Å². The Morgan fingerprint density at radius 2 is 2.00 bits per heavy atom. The maximum atomic E-state index is 15.1. The predicted octanol–water partition coefficient (Wildman–Crippen LogP) is 3.68. The number of nitrogens with zero attached hydrogens (tertiary/aromatic N) is 1. The highest BCUT2D eigenvalue weighted by molar-refractivity contribution is 6.31. The van der Waals surface area contributed by atoms with E-state index in [1.165, 1.54) is 24.0 Å². The number of carbonyl (C=O) groups excluding carboxylic acids is 3. The summed E-state index contributed by atoms with van der Waals surface area (Å²) in [6.07, 6.45) is 0.470. The molecular formula is C24H24ClF2N3O3. The van der Waals surface area contributed by atoms with Crippen molar-refractivity contribution in [1.29, 1.82) is 0 Å². The van der Waals surface area contributed by atoms with Crippen LogP contribution in [0.3, 0.4) is 0 Å². The SMILES string of the molecule is Cc1c(Cl)cccc1C(F)(F)C(C)NCc1ccc2c(c1)CN(C1CCC(=O)NC1=O)C2=O. The molecule has 174 valence electrons. The summed E-state index contributed by atoms with van der Waals surface area (Å²) in [5.74, 6) is -4.21. The largest absolute Gasteiger partial charge is 0.322 e. The number of hydrogen-bond donors (Lipinski definition) is 2. The lowest BCUT2D eigenvalue weighted by Gasteiger charge is -2.29. The molecule has 0 bridgehead atoms. The summed E-state index contributed by atoms with van der Waals surface area (Å²) in [7, 11) is 0. The average Bonchev–Trinajstić information content (AvgIpc) is 3.09. The number of nitrogens with one attached hydrogen (secondary N) is 2. The first-order valence-electron chi connectivity index (χ1n) is 10.7. The van der Waals surface area contributed by atoms with E-state index in [-0.39, 0.29) is 43.3 Å². The molecule has 2 heterocycles. The molecule has 6 nitrogen and oxygen atoms in total. The second-order valence-corrected chi connectivity index (χ2v) is 8.94. The third kappa shape index (κ3) is 4.37. The van der Waals surface area contributed by atoms with E-state index in [4.69, 9.17) is 11.6 Å². The Morgan fingerprint density at radius 3 is 2.73 bits per heavy atom. The number of amides is 3. The first-order valence-corrected chi connectivity index (χ1v) is 11.1. The normalized spacial score (nSPS) is 19.5. The van der Waals surface area contributed by atoms with Crippen molar-refractivity contribution in [2.24, 2.45) is 0 Å². The summed E-state index contributed by atoms with van der Waals surface area (Å²) >= 11 is 6.02. The van der Waals surface area contributed by atoms with E-state index < -0.39 is 23.9 Å². The van der Waals surface area contributed by atoms with Crippen molar-refractivity contribution in [3.63, 3.8) is 0 Å². The van der Waals surface area contributed by atoms with Crippen molar-refractivity contribution in [1.82, 2.24) is 15.5 Å². The lowest BCUT2D eigenvalue weighted by Crippen LogP contribution is -2.52. The number of halogens is 3. The van der Waals surface area contributed by atoms with Gasteiger partial charge in [-0.3, -0.25) is 19.7 Å². The van der Waals surface area contributed by atoms with Crippen LogP contribution in [0.1, 0.15) is 52.4 Å². The van der Waals surface area contributed by atoms with E-state index in [0.29, 0.717) is 16.1 Å². The van der Waals surface area contributed by atoms with Crippen LogP contribution in [0, 0.1) is 6.92 Å². The van der Waals surface area contributed by atoms with Gasteiger partial charge in [0.05, 0.1) is 6.04 Å². The van der Waals surface area contributed by atoms with Crippen LogP contribution < -0.4 is 10.6 Å². The van der Waals surface area contributed by atoms with Gasteiger partial charge in [0.15, 0.2) is 0 Å². The maximum absolute atomic E-state index is 15.1. The van der Waals surface area contributed by atoms with Crippen molar-refractivity contribution in [3.8, 4) is 0 Å². The van der Waals surface area contributed by atoms with Crippen LogP contribution in [0.4, 0.5) is 8.78 Å². The highest BCUT2D eigenvalue weighted by atomic mass is 35.5. The van der Waals surface area contributed by atoms with Crippen LogP contribution in [0.25, 0.3) is 0 Å². The van der Waals surface area contributed by atoms with Gasteiger partial charge in [0.25, 0.3) is 11.8 Å². The lowest BCUT2D eigenvalue weighted by molar-refractivity contribution is -0.136. The van der Waals surface area contributed by atoms with Gasteiger partial charge in [-0.25, -0.2) is 0 Å². The molecule has 1 saturated heterocycles. The second-order valence-electron chi connectivity index (χ2n) is 8.53. The van der Waals surface area contributed by atoms with Crippen LogP contribution in [-0.2, 0) is 28.6 Å². The molecule has 2 N–H and O–H groups in total. The smallest absolute Gasteiger partial charge is 0.288 e. The number of hydrogen-bond acceptors (Lipinski definition) is 4. The minimum absolute atomic E-state index is 0.116. The first kappa shape index (κ1) is 23.3. The van der Waals surface area contributed by atoms with Crippen LogP contribution in [-0.4, -0.2) is 34.7 Å². The number of fused-ring (bicyclic) bond motifs is 1. The van der Waals surface area contributed by atoms with Gasteiger partial charge in [0.1, 0.15) is 6.04 Å². The molecule has 4 rings (SSSR count). The highest BCUT2D eigenvalue weighted by Gasteiger charge is 2.41. The van der Waals surface area contributed by atoms with E-state index in [2.05, 4.69) is 10.6 Å². The molecule has 0 spiro atoms. The molecule has 9 heteroatoms. The standard InChI is InChI=1S/C24H24ClF2N3O3/c1-13-18(4-3-5-19(13)25)24(26,27)14(2)28-11-15-6-7-17-16(10-15)12-30(23(17)33)20-8-9-21(31)29-22(20)32/h3-7,10,14,20,28H,8-9,11-12H2,1-2H3,(H,29,31,32). The topological polar surface area (TPSA) is 78.5 Å². The fourth-order valence-electron chi connectivity index (χ4n) is 4.34. The monoisotopic (exact) mass is 475 g/mol. The van der Waals surface area contributed by atoms with Gasteiger partial charge in [0, 0.05) is 35.7 Å². The average molecular weight is 476 g/mol. The van der Waals surface area contributed by atoms with Crippen LogP contribution in [0.2, 0.25) is 5.02 Å². The number of benzene rings is 2. The van der Waals surface area contributed by atoms with Gasteiger partial charge in [0.2, 0.25) is 11.8 Å². The molecule has 2 aromatic carbocycles. The Morgan fingerprint density at radius 1 is 1.24 bits per heavy atom. The van der Waals surface area contributed by atoms with E-state index in [1.54, 1.807) is 31.2 Å². The van der Waals surface area contributed by atoms with Gasteiger partial charge >= 0.3 is 0 Å². The van der Waals surface area contributed by atoms with Gasteiger partial charge in [-0.1, -0.05) is 35.9 Å². The molecule has 1 fully saturated rings. The molecule has 0 saturated carbocycles. The minimum atomic E-state index is -3.13. The van der Waals surface area contributed by atoms with Crippen molar-refractivity contribution >= 4 is 29.3 Å². The van der Waals surface area contributed by atoms with E-state index in [0.717, 1.165) is 11.1 Å². The summed E-state index contributed by atoms with van der Waals surface area (Å²) in [6.45, 7) is 3.41. The lowest BCUT2D eigenvalue weighted by atomic mass is 9.97. The summed E-state index contributed by atoms with van der Waals surface area (Å²) in [4.78, 5) is 37.8. The third-order valence-corrected chi connectivity index (χ3v) is 6.78. The molecule has 0 aromatic heterocycles. The molecule has 0 aliphatic carbocycles. The fraction of sp³-hybridized carbons (Fsp3) is 0.375. The van der Waals surface area contributed by atoms with Gasteiger partial charge in [-0.05, 0) is 49.1 Å². The molecule has 2 aliphatic rings. The Bertz CT molecular complexity index is 1140. The maximum Gasteiger partial charge on any atom is 0.288 e. The molecule has 3 amide bonds. The third-order valence-electron chi connectivity index (χ3n) is 6.37. The van der Waals surface area contributed by atoms with E-state index >= 15 is 8.78 Å². The van der Waals surface area contributed by atoms with Crippen molar-refractivity contribution in [2.45, 2.75) is 57.8 Å². The number of alkyl halides is 2. The van der Waals surface area contributed by atoms with Crippen molar-refractivity contribution in [2.75, 3.05) is 0 Å². The Kier molecular flexibility index (Phi) is 6.24. The Hall–Kier alpha value is -2.84. The number of rotatable bonds is 6.